The molecule has 1 aliphatic carbocycles. The number of nitrogens with one attached hydrogen (secondary N) is 3. The maximum Gasteiger partial charge on any atom is 0.407 e. The number of piperidine rings is 1. The highest BCUT2D eigenvalue weighted by atomic mass is 35.5. The molecule has 39 heavy (non-hydrogen) atoms. The van der Waals surface area contributed by atoms with E-state index in [9.17, 15) is 4.79 Å². The van der Waals surface area contributed by atoms with Crippen molar-refractivity contribution in [2.45, 2.75) is 57.6 Å². The summed E-state index contributed by atoms with van der Waals surface area (Å²) in [7, 11) is 0. The number of hydrogen-bond donors (Lipinski definition) is 3. The smallest absolute Gasteiger partial charge is 0.407 e. The molecule has 3 N–H and O–H groups in total. The van der Waals surface area contributed by atoms with E-state index < -0.39 is 0 Å². The molecule has 1 aromatic carbocycles. The number of anilines is 1. The van der Waals surface area contributed by atoms with Gasteiger partial charge in [0.25, 0.3) is 0 Å². The van der Waals surface area contributed by atoms with Gasteiger partial charge in [-0.15, -0.1) is 0 Å². The Bertz CT molecular complexity index is 1210. The van der Waals surface area contributed by atoms with Crippen LogP contribution in [0.15, 0.2) is 60.8 Å². The van der Waals surface area contributed by atoms with E-state index in [4.69, 9.17) is 21.3 Å². The number of nitrogens with zero attached hydrogens (tertiary/aromatic N) is 2. The first-order valence-electron chi connectivity index (χ1n) is 14.2. The van der Waals surface area contributed by atoms with E-state index in [1.807, 2.05) is 48.5 Å². The summed E-state index contributed by atoms with van der Waals surface area (Å²) in [5.41, 5.74) is 3.79. The Morgan fingerprint density at radius 3 is 2.67 bits per heavy atom. The molecule has 0 bridgehead atoms. The van der Waals surface area contributed by atoms with Crippen molar-refractivity contribution in [3.8, 4) is 11.3 Å². The van der Waals surface area contributed by atoms with Crippen LogP contribution in [0.3, 0.4) is 0 Å². The maximum absolute atomic E-state index is 12.2. The van der Waals surface area contributed by atoms with Gasteiger partial charge in [0.1, 0.15) is 12.4 Å². The van der Waals surface area contributed by atoms with Gasteiger partial charge in [-0.25, -0.2) is 9.78 Å². The number of rotatable bonds is 9. The van der Waals surface area contributed by atoms with Crippen LogP contribution in [0.5, 0.6) is 0 Å². The van der Waals surface area contributed by atoms with Crippen molar-refractivity contribution >= 4 is 23.5 Å². The molecule has 0 spiro atoms. The van der Waals surface area contributed by atoms with E-state index in [0.29, 0.717) is 23.5 Å². The highest BCUT2D eigenvalue weighted by molar-refractivity contribution is 6.33. The molecule has 5 rings (SSSR count). The second kappa shape index (κ2) is 13.8. The van der Waals surface area contributed by atoms with Crippen LogP contribution in [0.1, 0.15) is 49.8 Å². The molecule has 1 saturated carbocycles. The normalized spacial score (nSPS) is 21.2. The number of hydrogen-bond acceptors (Lipinski definition) is 6. The van der Waals surface area contributed by atoms with Crippen LogP contribution in [0.25, 0.3) is 11.3 Å². The van der Waals surface area contributed by atoms with Gasteiger partial charge in [-0.1, -0.05) is 48.0 Å². The topological polar surface area (TPSA) is 88.2 Å². The number of ether oxygens (including phenoxy) is 1. The van der Waals surface area contributed by atoms with Crippen LogP contribution in [-0.4, -0.2) is 41.7 Å². The molecule has 3 aromatic rings. The second-order valence-corrected chi connectivity index (χ2v) is 11.2. The monoisotopic (exact) mass is 547 g/mol. The molecule has 0 unspecified atom stereocenters. The molecule has 1 saturated heterocycles. The first kappa shape index (κ1) is 27.4. The number of amides is 1. The van der Waals surface area contributed by atoms with Crippen molar-refractivity contribution in [1.29, 1.82) is 0 Å². The summed E-state index contributed by atoms with van der Waals surface area (Å²) in [6, 6.07) is 18.0. The molecule has 2 aromatic heterocycles. The Kier molecular flexibility index (Phi) is 9.67. The van der Waals surface area contributed by atoms with Crippen molar-refractivity contribution in [2.24, 2.45) is 11.8 Å². The summed E-state index contributed by atoms with van der Waals surface area (Å²) in [5, 5.41) is 10.6. The van der Waals surface area contributed by atoms with Crippen molar-refractivity contribution in [3.63, 3.8) is 0 Å². The zero-order valence-electron chi connectivity index (χ0n) is 22.4. The van der Waals surface area contributed by atoms with Crippen LogP contribution in [0, 0.1) is 11.8 Å². The van der Waals surface area contributed by atoms with Gasteiger partial charge in [0, 0.05) is 30.0 Å². The van der Waals surface area contributed by atoms with E-state index in [0.717, 1.165) is 80.1 Å². The number of halogens is 1. The average Bonchev–Trinajstić information content (AvgIpc) is 2.98. The quantitative estimate of drug-likeness (QED) is 0.294. The molecule has 2 fully saturated rings. The third-order valence-corrected chi connectivity index (χ3v) is 8.09. The molecule has 1 atom stereocenters. The van der Waals surface area contributed by atoms with Gasteiger partial charge in [0.05, 0.1) is 10.7 Å². The second-order valence-electron chi connectivity index (χ2n) is 10.8. The number of carbonyl (C=O) groups is 1. The Hall–Kier alpha value is -3.16. The molecule has 8 heteroatoms. The number of pyridine rings is 2. The van der Waals surface area contributed by atoms with Crippen LogP contribution in [0.2, 0.25) is 5.02 Å². The van der Waals surface area contributed by atoms with Gasteiger partial charge in [-0.2, -0.15) is 0 Å². The molecular formula is C31H38ClN5O2. The molecule has 3 heterocycles. The Morgan fingerprint density at radius 2 is 1.87 bits per heavy atom. The molecule has 0 radical (unpaired) electrons. The predicted molar refractivity (Wildman–Crippen MR) is 156 cm³/mol. The van der Waals surface area contributed by atoms with Crippen LogP contribution >= 0.6 is 11.6 Å². The van der Waals surface area contributed by atoms with Crippen LogP contribution in [-0.2, 0) is 17.8 Å². The fourth-order valence-electron chi connectivity index (χ4n) is 5.56. The lowest BCUT2D eigenvalue weighted by atomic mass is 9.83. The van der Waals surface area contributed by atoms with Crippen LogP contribution < -0.4 is 16.0 Å². The molecule has 1 amide bonds. The fourth-order valence-corrected chi connectivity index (χ4v) is 5.76. The lowest BCUT2D eigenvalue weighted by molar-refractivity contribution is 0.131. The first-order valence-corrected chi connectivity index (χ1v) is 14.5. The van der Waals surface area contributed by atoms with E-state index in [1.54, 1.807) is 6.20 Å². The summed E-state index contributed by atoms with van der Waals surface area (Å²) in [6.45, 7) is 3.39. The van der Waals surface area contributed by atoms with Gasteiger partial charge in [-0.3, -0.25) is 4.98 Å². The average molecular weight is 548 g/mol. The van der Waals surface area contributed by atoms with Gasteiger partial charge in [-0.05, 0) is 93.6 Å². The predicted octanol–water partition coefficient (Wildman–Crippen LogP) is 6.24. The lowest BCUT2D eigenvalue weighted by Crippen LogP contribution is -2.38. The van der Waals surface area contributed by atoms with Crippen molar-refractivity contribution in [1.82, 2.24) is 20.6 Å². The molecule has 7 nitrogen and oxygen atoms in total. The fraction of sp³-hybridized carbons (Fsp3) is 0.452. The van der Waals surface area contributed by atoms with Crippen LogP contribution in [0.4, 0.5) is 10.6 Å². The van der Waals surface area contributed by atoms with Gasteiger partial charge >= 0.3 is 6.09 Å². The SMILES string of the molecule is O=C(NC1CCC(Cc2cc(-c3cccc(NC[C@@H]4CCCNC4)n3)c(Cl)cn2)CC1)OCc1ccccc1. The van der Waals surface area contributed by atoms with E-state index >= 15 is 0 Å². The number of aromatic nitrogens is 2. The van der Waals surface area contributed by atoms with E-state index in [2.05, 4.69) is 27.0 Å². The number of carbonyl (C=O) groups excluding carboxylic acids is 1. The summed E-state index contributed by atoms with van der Waals surface area (Å²) in [5.74, 6) is 2.03. The standard InChI is InChI=1S/C31H38ClN5O2/c32-28-20-34-26(17-27(28)29-9-4-10-30(37-29)35-19-24-8-5-15-33-18-24)16-22-11-13-25(14-12-22)36-31(38)39-21-23-6-2-1-3-7-23/h1-4,6-7,9-10,17,20,22,24-25,33H,5,8,11-16,18-19,21H2,(H,35,37)(H,36,38)/t22?,24-,25?/m1/s1. The van der Waals surface area contributed by atoms with Crippen molar-refractivity contribution < 1.29 is 9.53 Å². The first-order chi connectivity index (χ1) is 19.1. The minimum absolute atomic E-state index is 0.155. The highest BCUT2D eigenvalue weighted by Gasteiger charge is 2.24. The lowest BCUT2D eigenvalue weighted by Gasteiger charge is -2.28. The minimum Gasteiger partial charge on any atom is -0.445 e. The zero-order chi connectivity index (χ0) is 26.9. The van der Waals surface area contributed by atoms with Crippen molar-refractivity contribution in [2.75, 3.05) is 25.0 Å². The summed E-state index contributed by atoms with van der Waals surface area (Å²) < 4.78 is 5.39. The van der Waals surface area contributed by atoms with E-state index in [1.165, 1.54) is 12.8 Å². The highest BCUT2D eigenvalue weighted by Crippen LogP contribution is 2.31. The summed E-state index contributed by atoms with van der Waals surface area (Å²) in [6.07, 6.45) is 8.73. The largest absolute Gasteiger partial charge is 0.445 e. The summed E-state index contributed by atoms with van der Waals surface area (Å²) in [4.78, 5) is 21.7. The number of benzene rings is 1. The Morgan fingerprint density at radius 1 is 1.03 bits per heavy atom. The maximum atomic E-state index is 12.2. The molecule has 1 aliphatic heterocycles. The Labute approximate surface area is 236 Å². The molecular weight excluding hydrogens is 510 g/mol. The van der Waals surface area contributed by atoms with Gasteiger partial charge in [0.15, 0.2) is 0 Å². The van der Waals surface area contributed by atoms with Crippen molar-refractivity contribution in [3.05, 3.63) is 77.1 Å². The number of alkyl carbamates (subject to hydrolysis) is 1. The minimum atomic E-state index is -0.342. The molecule has 206 valence electrons. The third-order valence-electron chi connectivity index (χ3n) is 7.79. The van der Waals surface area contributed by atoms with Gasteiger partial charge in [0.2, 0.25) is 0 Å². The third kappa shape index (κ3) is 8.16. The zero-order valence-corrected chi connectivity index (χ0v) is 23.1. The van der Waals surface area contributed by atoms with Gasteiger partial charge < -0.3 is 20.7 Å². The Balaban J connectivity index is 1.11. The van der Waals surface area contributed by atoms with E-state index in [-0.39, 0.29) is 12.1 Å². The summed E-state index contributed by atoms with van der Waals surface area (Å²) >= 11 is 6.57. The molecule has 2 aliphatic rings.